The van der Waals surface area contributed by atoms with Crippen molar-refractivity contribution in [1.29, 1.82) is 0 Å². The second-order valence-corrected chi connectivity index (χ2v) is 7.21. The summed E-state index contributed by atoms with van der Waals surface area (Å²) >= 11 is 0. The number of anilines is 1. The fourth-order valence-electron chi connectivity index (χ4n) is 3.97. The van der Waals surface area contributed by atoms with Crippen molar-refractivity contribution in [2.45, 2.75) is 6.04 Å². The molecule has 1 amide bonds. The largest absolute Gasteiger partial charge is 0.507 e. The highest BCUT2D eigenvalue weighted by atomic mass is 16.6. The number of hydrogen-bond donors (Lipinski definition) is 1. The van der Waals surface area contributed by atoms with Gasteiger partial charge in [-0.15, -0.1) is 0 Å². The molecule has 8 heteroatoms. The standard InChI is InChI=1S/C24H19NO7/c1-29-16-6-3-2-5-15(16)25-21(18-7-4-10-30-18)20(23(27)24(25)28)22(26)14-8-9-17-19(13-14)32-12-11-31-17/h2-10,13,21,26H,11-12H2,1H3/b22-20-. The Bertz CT molecular complexity index is 1230. The van der Waals surface area contributed by atoms with E-state index in [1.54, 1.807) is 54.6 Å². The van der Waals surface area contributed by atoms with E-state index in [2.05, 4.69) is 0 Å². The van der Waals surface area contributed by atoms with Crippen molar-refractivity contribution in [2.24, 2.45) is 0 Å². The molecule has 3 heterocycles. The van der Waals surface area contributed by atoms with E-state index in [0.717, 1.165) is 0 Å². The number of ketones is 1. The maximum Gasteiger partial charge on any atom is 0.300 e. The Labute approximate surface area is 183 Å². The Morgan fingerprint density at radius 2 is 1.81 bits per heavy atom. The minimum absolute atomic E-state index is 0.0902. The van der Waals surface area contributed by atoms with Crippen LogP contribution in [0.4, 0.5) is 5.69 Å². The van der Waals surface area contributed by atoms with Crippen molar-refractivity contribution in [3.8, 4) is 17.2 Å². The van der Waals surface area contributed by atoms with Crippen LogP contribution in [0.5, 0.6) is 17.2 Å². The topological polar surface area (TPSA) is 98.4 Å². The molecule has 3 aromatic rings. The first-order valence-corrected chi connectivity index (χ1v) is 9.97. The van der Waals surface area contributed by atoms with E-state index in [0.29, 0.717) is 47.5 Å². The van der Waals surface area contributed by atoms with Gasteiger partial charge in [0.25, 0.3) is 11.7 Å². The van der Waals surface area contributed by atoms with Gasteiger partial charge in [-0.3, -0.25) is 14.5 Å². The molecule has 8 nitrogen and oxygen atoms in total. The normalized spacial score (nSPS) is 19.3. The lowest BCUT2D eigenvalue weighted by atomic mass is 9.99. The van der Waals surface area contributed by atoms with Crippen LogP contribution in [0.2, 0.25) is 0 Å². The highest BCUT2D eigenvalue weighted by molar-refractivity contribution is 6.51. The SMILES string of the molecule is COc1ccccc1N1C(=O)C(=O)/C(=C(\O)c2ccc3c(c2)OCCO3)C1c1ccco1. The smallest absolute Gasteiger partial charge is 0.300 e. The van der Waals surface area contributed by atoms with E-state index in [1.165, 1.54) is 18.3 Å². The van der Waals surface area contributed by atoms with Crippen LogP contribution in [-0.4, -0.2) is 37.1 Å². The summed E-state index contributed by atoms with van der Waals surface area (Å²) in [7, 11) is 1.48. The third-order valence-electron chi connectivity index (χ3n) is 5.42. The van der Waals surface area contributed by atoms with E-state index >= 15 is 0 Å². The van der Waals surface area contributed by atoms with Crippen LogP contribution in [0.15, 0.2) is 70.9 Å². The molecule has 2 aliphatic heterocycles. The summed E-state index contributed by atoms with van der Waals surface area (Å²) in [5.74, 6) is -0.225. The first kappa shape index (κ1) is 19.7. The number of nitrogens with zero attached hydrogens (tertiary/aromatic N) is 1. The number of carbonyl (C=O) groups is 2. The van der Waals surface area contributed by atoms with Crippen molar-refractivity contribution >= 4 is 23.1 Å². The van der Waals surface area contributed by atoms with Gasteiger partial charge in [0.2, 0.25) is 0 Å². The summed E-state index contributed by atoms with van der Waals surface area (Å²) in [6.45, 7) is 0.808. The fraction of sp³-hybridized carbons (Fsp3) is 0.167. The summed E-state index contributed by atoms with van der Waals surface area (Å²) in [6, 6.07) is 14.0. The summed E-state index contributed by atoms with van der Waals surface area (Å²) in [4.78, 5) is 27.6. The predicted octanol–water partition coefficient (Wildman–Crippen LogP) is 3.69. The molecule has 32 heavy (non-hydrogen) atoms. The predicted molar refractivity (Wildman–Crippen MR) is 114 cm³/mol. The zero-order valence-electron chi connectivity index (χ0n) is 17.1. The number of ether oxygens (including phenoxy) is 3. The Morgan fingerprint density at radius 3 is 2.56 bits per heavy atom. The molecule has 5 rings (SSSR count). The van der Waals surface area contributed by atoms with Crippen LogP contribution in [0.3, 0.4) is 0 Å². The van der Waals surface area contributed by atoms with Crippen molar-refractivity contribution in [3.05, 3.63) is 77.8 Å². The average Bonchev–Trinajstić information content (AvgIpc) is 3.45. The van der Waals surface area contributed by atoms with Gasteiger partial charge < -0.3 is 23.7 Å². The number of para-hydroxylation sites is 2. The van der Waals surface area contributed by atoms with Crippen molar-refractivity contribution in [1.82, 2.24) is 0 Å². The number of Topliss-reactive ketones (excluding diaryl/α,β-unsaturated/α-hetero) is 1. The molecule has 0 saturated carbocycles. The summed E-state index contributed by atoms with van der Waals surface area (Å²) in [5, 5.41) is 11.2. The number of hydrogen-bond acceptors (Lipinski definition) is 7. The number of fused-ring (bicyclic) bond motifs is 1. The maximum absolute atomic E-state index is 13.2. The minimum Gasteiger partial charge on any atom is -0.507 e. The van der Waals surface area contributed by atoms with Gasteiger partial charge in [-0.25, -0.2) is 0 Å². The lowest BCUT2D eigenvalue weighted by Gasteiger charge is -2.25. The zero-order valence-corrected chi connectivity index (χ0v) is 17.1. The third-order valence-corrected chi connectivity index (χ3v) is 5.42. The van der Waals surface area contributed by atoms with E-state index in [-0.39, 0.29) is 11.3 Å². The average molecular weight is 433 g/mol. The first-order chi connectivity index (χ1) is 15.6. The number of rotatable bonds is 4. The van der Waals surface area contributed by atoms with Gasteiger partial charge in [0.15, 0.2) is 11.5 Å². The minimum atomic E-state index is -0.977. The van der Waals surface area contributed by atoms with Gasteiger partial charge >= 0.3 is 0 Å². The summed E-state index contributed by atoms with van der Waals surface area (Å²) < 4.78 is 22.1. The lowest BCUT2D eigenvalue weighted by molar-refractivity contribution is -0.132. The van der Waals surface area contributed by atoms with Crippen LogP contribution in [-0.2, 0) is 9.59 Å². The molecule has 2 aromatic carbocycles. The fourth-order valence-corrected chi connectivity index (χ4v) is 3.97. The second-order valence-electron chi connectivity index (χ2n) is 7.21. The van der Waals surface area contributed by atoms with E-state index in [9.17, 15) is 14.7 Å². The molecular weight excluding hydrogens is 414 g/mol. The molecule has 0 aliphatic carbocycles. The number of methoxy groups -OCH3 is 1. The van der Waals surface area contributed by atoms with Gasteiger partial charge in [0, 0.05) is 5.56 Å². The zero-order chi connectivity index (χ0) is 22.2. The van der Waals surface area contributed by atoms with Crippen LogP contribution in [0.1, 0.15) is 17.4 Å². The van der Waals surface area contributed by atoms with Gasteiger partial charge in [-0.2, -0.15) is 0 Å². The second kappa shape index (κ2) is 7.81. The van der Waals surface area contributed by atoms with Crippen LogP contribution in [0, 0.1) is 0 Å². The molecule has 162 valence electrons. The quantitative estimate of drug-likeness (QED) is 0.381. The number of furan rings is 1. The molecule has 1 aromatic heterocycles. The Balaban J connectivity index is 1.69. The molecular formula is C24H19NO7. The molecule has 1 saturated heterocycles. The summed E-state index contributed by atoms with van der Waals surface area (Å²) in [5.41, 5.74) is 0.621. The molecule has 2 aliphatic rings. The molecule has 1 N–H and O–H groups in total. The third kappa shape index (κ3) is 3.08. The molecule has 0 bridgehead atoms. The number of carbonyl (C=O) groups excluding carboxylic acids is 2. The van der Waals surface area contributed by atoms with Gasteiger partial charge in [-0.05, 0) is 42.5 Å². The summed E-state index contributed by atoms with van der Waals surface area (Å²) in [6.07, 6.45) is 1.45. The van der Waals surface area contributed by atoms with E-state index < -0.39 is 17.7 Å². The Hall–Kier alpha value is -4.20. The van der Waals surface area contributed by atoms with Gasteiger partial charge in [-0.1, -0.05) is 12.1 Å². The monoisotopic (exact) mass is 433 g/mol. The molecule has 1 atom stereocenters. The number of aliphatic hydroxyl groups excluding tert-OH is 1. The van der Waals surface area contributed by atoms with Crippen LogP contribution in [0.25, 0.3) is 5.76 Å². The highest BCUT2D eigenvalue weighted by Crippen LogP contribution is 2.45. The van der Waals surface area contributed by atoms with E-state index in [1.807, 2.05) is 0 Å². The van der Waals surface area contributed by atoms with Gasteiger partial charge in [0.1, 0.15) is 36.5 Å². The van der Waals surface area contributed by atoms with E-state index in [4.69, 9.17) is 18.6 Å². The Morgan fingerprint density at radius 1 is 1.03 bits per heavy atom. The lowest BCUT2D eigenvalue weighted by Crippen LogP contribution is -2.29. The Kier molecular flexibility index (Phi) is 4.82. The molecule has 0 spiro atoms. The first-order valence-electron chi connectivity index (χ1n) is 9.97. The molecule has 0 radical (unpaired) electrons. The van der Waals surface area contributed by atoms with Crippen LogP contribution >= 0.6 is 0 Å². The van der Waals surface area contributed by atoms with Crippen molar-refractivity contribution in [3.63, 3.8) is 0 Å². The molecule has 1 unspecified atom stereocenters. The highest BCUT2D eigenvalue weighted by Gasteiger charge is 2.49. The maximum atomic E-state index is 13.2. The van der Waals surface area contributed by atoms with Crippen LogP contribution < -0.4 is 19.1 Å². The van der Waals surface area contributed by atoms with Gasteiger partial charge in [0.05, 0.1) is 24.6 Å². The number of aliphatic hydroxyl groups is 1. The number of amides is 1. The van der Waals surface area contributed by atoms with Crippen molar-refractivity contribution in [2.75, 3.05) is 25.2 Å². The van der Waals surface area contributed by atoms with Crippen molar-refractivity contribution < 1.29 is 33.3 Å². The number of benzene rings is 2. The molecule has 1 fully saturated rings.